The average molecular weight is 465 g/mol. The number of likely N-dealkylation sites (N-methyl/N-ethyl adjacent to an activating group) is 1. The second-order valence-corrected chi connectivity index (χ2v) is 9.06. The van der Waals surface area contributed by atoms with Gasteiger partial charge in [0.05, 0.1) is 13.7 Å². The van der Waals surface area contributed by atoms with E-state index >= 15 is 0 Å². The molecule has 0 aliphatic carbocycles. The molecule has 0 saturated carbocycles. The summed E-state index contributed by atoms with van der Waals surface area (Å²) in [6.07, 6.45) is 3.76. The van der Waals surface area contributed by atoms with Gasteiger partial charge < -0.3 is 19.3 Å². The Balaban J connectivity index is 1.54. The molecule has 8 heteroatoms. The number of nitrogens with zero attached hydrogens (tertiary/aromatic N) is 4. The van der Waals surface area contributed by atoms with Crippen LogP contribution in [0.25, 0.3) is 22.8 Å². The first-order valence-electron chi connectivity index (χ1n) is 11.6. The van der Waals surface area contributed by atoms with Gasteiger partial charge in [0.1, 0.15) is 5.75 Å². The molecule has 0 spiro atoms. The summed E-state index contributed by atoms with van der Waals surface area (Å²) in [5.41, 5.74) is 5.01. The number of aromatic nitrogens is 2. The van der Waals surface area contributed by atoms with Crippen molar-refractivity contribution in [3.8, 4) is 28.6 Å². The fraction of sp³-hybridized carbons (Fsp3) is 0.423. The molecule has 2 heterocycles. The molecule has 3 aromatic rings. The van der Waals surface area contributed by atoms with Crippen molar-refractivity contribution in [3.63, 3.8) is 0 Å². The van der Waals surface area contributed by atoms with Crippen molar-refractivity contribution in [2.45, 2.75) is 45.7 Å². The number of carboxylic acid groups (broad SMARTS) is 1. The molecule has 1 N–H and O–H groups in total. The van der Waals surface area contributed by atoms with Crippen molar-refractivity contribution in [2.75, 3.05) is 32.1 Å². The number of aryl methyl sites for hydroxylation is 1. The van der Waals surface area contributed by atoms with Crippen molar-refractivity contribution >= 4 is 11.7 Å². The number of methoxy groups -OCH3 is 1. The lowest BCUT2D eigenvalue weighted by atomic mass is 10.0. The summed E-state index contributed by atoms with van der Waals surface area (Å²) in [7, 11) is 3.35. The topological polar surface area (TPSA) is 91.9 Å². The Morgan fingerprint density at radius 2 is 2.03 bits per heavy atom. The number of hydrogen-bond donors (Lipinski definition) is 1. The van der Waals surface area contributed by atoms with E-state index in [0.717, 1.165) is 23.2 Å². The third-order valence-corrected chi connectivity index (χ3v) is 6.37. The molecule has 1 fully saturated rings. The smallest absolute Gasteiger partial charge is 0.317 e. The van der Waals surface area contributed by atoms with E-state index in [2.05, 4.69) is 41.0 Å². The van der Waals surface area contributed by atoms with Gasteiger partial charge in [0.15, 0.2) is 0 Å². The summed E-state index contributed by atoms with van der Waals surface area (Å²) in [5.74, 6) is 0.730. The monoisotopic (exact) mass is 464 g/mol. The zero-order chi connectivity index (χ0) is 24.2. The molecular formula is C26H32N4O4. The average Bonchev–Trinajstić information content (AvgIpc) is 3.30. The lowest BCUT2D eigenvalue weighted by Crippen LogP contribution is -2.37. The predicted molar refractivity (Wildman–Crippen MR) is 131 cm³/mol. The van der Waals surface area contributed by atoms with Crippen LogP contribution in [0.15, 0.2) is 40.9 Å². The molecule has 1 atom stereocenters. The molecule has 1 unspecified atom stereocenters. The normalized spacial score (nSPS) is 16.1. The number of aliphatic carboxylic acids is 1. The van der Waals surface area contributed by atoms with Gasteiger partial charge in [-0.1, -0.05) is 17.3 Å². The van der Waals surface area contributed by atoms with Crippen molar-refractivity contribution in [3.05, 3.63) is 47.5 Å². The molecule has 0 radical (unpaired) electrons. The highest BCUT2D eigenvalue weighted by atomic mass is 16.5. The minimum Gasteiger partial charge on any atom is -0.496 e. The number of anilines is 1. The first kappa shape index (κ1) is 23.8. The summed E-state index contributed by atoms with van der Waals surface area (Å²) in [4.78, 5) is 19.8. The molecule has 1 aliphatic heterocycles. The number of rotatable bonds is 8. The number of piperidine rings is 1. The lowest BCUT2D eigenvalue weighted by Gasteiger charge is -2.36. The Morgan fingerprint density at radius 3 is 2.74 bits per heavy atom. The predicted octanol–water partition coefficient (Wildman–Crippen LogP) is 4.62. The Hall–Kier alpha value is -3.39. The fourth-order valence-electron chi connectivity index (χ4n) is 4.62. The summed E-state index contributed by atoms with van der Waals surface area (Å²) in [6, 6.07) is 12.5. The van der Waals surface area contributed by atoms with E-state index in [1.165, 1.54) is 30.5 Å². The second kappa shape index (κ2) is 10.3. The molecule has 2 aromatic carbocycles. The van der Waals surface area contributed by atoms with Gasteiger partial charge in [-0.2, -0.15) is 4.98 Å². The van der Waals surface area contributed by atoms with Crippen LogP contribution in [-0.2, 0) is 11.3 Å². The minimum atomic E-state index is -0.869. The van der Waals surface area contributed by atoms with E-state index in [9.17, 15) is 4.79 Å². The molecule has 8 nitrogen and oxygen atoms in total. The van der Waals surface area contributed by atoms with Gasteiger partial charge >= 0.3 is 5.97 Å². The van der Waals surface area contributed by atoms with Gasteiger partial charge in [0.25, 0.3) is 5.89 Å². The highest BCUT2D eigenvalue weighted by Gasteiger charge is 2.21. The zero-order valence-electron chi connectivity index (χ0n) is 20.2. The van der Waals surface area contributed by atoms with Crippen LogP contribution >= 0.6 is 0 Å². The van der Waals surface area contributed by atoms with Crippen LogP contribution in [0.5, 0.6) is 5.75 Å². The number of benzene rings is 2. The standard InChI is InChI=1S/C26H32N4O4/c1-17-13-20(10-11-22(17)30-12-6-5-7-18(30)2)26-27-25(28-34-26)19-8-9-21(23(14-19)33-4)15-29(3)16-24(31)32/h8-11,13-14,18H,5-7,12,15-16H2,1-4H3,(H,31,32). The SMILES string of the molecule is COc1cc(-c2noc(-c3ccc(N4CCCCC4C)c(C)c3)n2)ccc1CN(C)CC(=O)O. The van der Waals surface area contributed by atoms with Crippen LogP contribution in [-0.4, -0.2) is 59.4 Å². The molecule has 1 aliphatic rings. The van der Waals surface area contributed by atoms with E-state index in [4.69, 9.17) is 14.4 Å². The fourth-order valence-corrected chi connectivity index (χ4v) is 4.62. The Morgan fingerprint density at radius 1 is 1.24 bits per heavy atom. The third-order valence-electron chi connectivity index (χ3n) is 6.37. The third kappa shape index (κ3) is 5.22. The van der Waals surface area contributed by atoms with Crippen LogP contribution in [0.1, 0.15) is 37.3 Å². The van der Waals surface area contributed by atoms with E-state index in [-0.39, 0.29) is 6.54 Å². The Kier molecular flexibility index (Phi) is 7.17. The van der Waals surface area contributed by atoms with Gasteiger partial charge in [-0.25, -0.2) is 0 Å². The number of carbonyl (C=O) groups is 1. The highest BCUT2D eigenvalue weighted by molar-refractivity contribution is 5.69. The molecule has 180 valence electrons. The van der Waals surface area contributed by atoms with E-state index in [1.54, 1.807) is 19.1 Å². The van der Waals surface area contributed by atoms with Gasteiger partial charge in [0.2, 0.25) is 5.82 Å². The number of ether oxygens (including phenoxy) is 1. The van der Waals surface area contributed by atoms with Crippen LogP contribution in [0.3, 0.4) is 0 Å². The molecule has 1 saturated heterocycles. The quantitative estimate of drug-likeness (QED) is 0.516. The van der Waals surface area contributed by atoms with E-state index < -0.39 is 5.97 Å². The largest absolute Gasteiger partial charge is 0.496 e. The van der Waals surface area contributed by atoms with Gasteiger partial charge in [-0.15, -0.1) is 0 Å². The first-order valence-corrected chi connectivity index (χ1v) is 11.6. The molecule has 4 rings (SSSR count). The second-order valence-electron chi connectivity index (χ2n) is 9.06. The van der Waals surface area contributed by atoms with E-state index in [0.29, 0.717) is 30.1 Å². The first-order chi connectivity index (χ1) is 16.4. The van der Waals surface area contributed by atoms with Crippen molar-refractivity contribution in [1.29, 1.82) is 0 Å². The molecule has 0 amide bonds. The van der Waals surface area contributed by atoms with Crippen molar-refractivity contribution in [1.82, 2.24) is 15.0 Å². The van der Waals surface area contributed by atoms with Gasteiger partial charge in [-0.3, -0.25) is 9.69 Å². The highest BCUT2D eigenvalue weighted by Crippen LogP contribution is 2.32. The molecule has 34 heavy (non-hydrogen) atoms. The van der Waals surface area contributed by atoms with Gasteiger partial charge in [0, 0.05) is 41.5 Å². The van der Waals surface area contributed by atoms with Crippen LogP contribution < -0.4 is 9.64 Å². The molecule has 1 aromatic heterocycles. The maximum atomic E-state index is 10.9. The minimum absolute atomic E-state index is 0.0476. The lowest BCUT2D eigenvalue weighted by molar-refractivity contribution is -0.138. The Bertz CT molecular complexity index is 1160. The van der Waals surface area contributed by atoms with Crippen molar-refractivity contribution in [2.24, 2.45) is 0 Å². The Labute approximate surface area is 200 Å². The molecule has 0 bridgehead atoms. The summed E-state index contributed by atoms with van der Waals surface area (Å²) >= 11 is 0. The van der Waals surface area contributed by atoms with Crippen LogP contribution in [0.2, 0.25) is 0 Å². The number of carboxylic acids is 1. The van der Waals surface area contributed by atoms with E-state index in [1.807, 2.05) is 24.3 Å². The van der Waals surface area contributed by atoms with Crippen LogP contribution in [0.4, 0.5) is 5.69 Å². The van der Waals surface area contributed by atoms with Crippen LogP contribution in [0, 0.1) is 6.92 Å². The summed E-state index contributed by atoms with van der Waals surface area (Å²) in [5, 5.41) is 13.2. The van der Waals surface area contributed by atoms with Crippen molar-refractivity contribution < 1.29 is 19.2 Å². The number of hydrogen-bond acceptors (Lipinski definition) is 7. The summed E-state index contributed by atoms with van der Waals surface area (Å²) < 4.78 is 11.1. The zero-order valence-corrected chi connectivity index (χ0v) is 20.2. The maximum absolute atomic E-state index is 10.9. The molecular weight excluding hydrogens is 432 g/mol. The van der Waals surface area contributed by atoms with Gasteiger partial charge in [-0.05, 0) is 70.0 Å². The summed E-state index contributed by atoms with van der Waals surface area (Å²) in [6.45, 7) is 5.92. The maximum Gasteiger partial charge on any atom is 0.317 e.